The zero-order chi connectivity index (χ0) is 14.4. The number of carbonyl (C=O) groups is 1. The Morgan fingerprint density at radius 2 is 2.25 bits per heavy atom. The molecule has 0 aromatic carbocycles. The summed E-state index contributed by atoms with van der Waals surface area (Å²) in [6.45, 7) is 6.53. The minimum Gasteiger partial charge on any atom is -0.384 e. The highest BCUT2D eigenvalue weighted by Crippen LogP contribution is 2.13. The number of amides is 1. The number of rotatable bonds is 4. The van der Waals surface area contributed by atoms with E-state index in [9.17, 15) is 4.79 Å². The van der Waals surface area contributed by atoms with E-state index in [1.54, 1.807) is 14.0 Å². The Bertz CT molecular complexity index is 424. The van der Waals surface area contributed by atoms with Crippen molar-refractivity contribution in [2.24, 2.45) is 5.92 Å². The third kappa shape index (κ3) is 4.28. The summed E-state index contributed by atoms with van der Waals surface area (Å²) in [5, 5.41) is 0. The molecule has 0 saturated carbocycles. The highest BCUT2D eigenvalue weighted by Gasteiger charge is 2.24. The Morgan fingerprint density at radius 1 is 1.40 bits per heavy atom. The molecule has 1 aliphatic rings. The Kier molecular flexibility index (Phi) is 5.49. The molecular formula is C15H23N3O2. The van der Waals surface area contributed by atoms with Gasteiger partial charge in [-0.15, -0.1) is 0 Å². The van der Waals surface area contributed by atoms with Crippen molar-refractivity contribution in [1.29, 1.82) is 0 Å². The number of methoxy groups -OCH3 is 1. The van der Waals surface area contributed by atoms with E-state index in [1.165, 1.54) is 0 Å². The van der Waals surface area contributed by atoms with Crippen LogP contribution in [0.1, 0.15) is 12.6 Å². The van der Waals surface area contributed by atoms with Gasteiger partial charge in [-0.3, -0.25) is 14.7 Å². The van der Waals surface area contributed by atoms with Crippen LogP contribution < -0.4 is 0 Å². The molecule has 0 unspecified atom stereocenters. The zero-order valence-electron chi connectivity index (χ0n) is 12.3. The van der Waals surface area contributed by atoms with Crippen molar-refractivity contribution in [3.63, 3.8) is 0 Å². The SMILES string of the molecule is COC[C@H]1CN(Cc2ccccn2)CCN(C(C)=O)C1. The number of nitrogens with zero attached hydrogens (tertiary/aromatic N) is 3. The van der Waals surface area contributed by atoms with Crippen molar-refractivity contribution in [1.82, 2.24) is 14.8 Å². The monoisotopic (exact) mass is 277 g/mol. The fourth-order valence-electron chi connectivity index (χ4n) is 2.67. The largest absolute Gasteiger partial charge is 0.384 e. The number of ether oxygens (including phenoxy) is 1. The number of carbonyl (C=O) groups excluding carboxylic acids is 1. The molecular weight excluding hydrogens is 254 g/mol. The van der Waals surface area contributed by atoms with Crippen LogP contribution in [0.15, 0.2) is 24.4 Å². The third-order valence-electron chi connectivity index (χ3n) is 3.64. The van der Waals surface area contributed by atoms with Gasteiger partial charge in [0.1, 0.15) is 0 Å². The lowest BCUT2D eigenvalue weighted by molar-refractivity contribution is -0.129. The van der Waals surface area contributed by atoms with Gasteiger partial charge in [0.05, 0.1) is 12.3 Å². The summed E-state index contributed by atoms with van der Waals surface area (Å²) in [4.78, 5) is 20.3. The first-order valence-electron chi connectivity index (χ1n) is 7.05. The van der Waals surface area contributed by atoms with E-state index < -0.39 is 0 Å². The lowest BCUT2D eigenvalue weighted by Crippen LogP contribution is -2.35. The van der Waals surface area contributed by atoms with Crippen LogP contribution >= 0.6 is 0 Å². The van der Waals surface area contributed by atoms with E-state index in [1.807, 2.05) is 29.3 Å². The van der Waals surface area contributed by atoms with Crippen LogP contribution in [-0.4, -0.2) is 60.6 Å². The smallest absolute Gasteiger partial charge is 0.219 e. The van der Waals surface area contributed by atoms with E-state index >= 15 is 0 Å². The van der Waals surface area contributed by atoms with Crippen LogP contribution in [0.3, 0.4) is 0 Å². The predicted octanol–water partition coefficient (Wildman–Crippen LogP) is 1.01. The second-order valence-corrected chi connectivity index (χ2v) is 5.34. The fraction of sp³-hybridized carbons (Fsp3) is 0.600. The van der Waals surface area contributed by atoms with Gasteiger partial charge in [-0.05, 0) is 12.1 Å². The fourth-order valence-corrected chi connectivity index (χ4v) is 2.67. The minimum atomic E-state index is 0.144. The summed E-state index contributed by atoms with van der Waals surface area (Å²) in [6.07, 6.45) is 1.82. The van der Waals surface area contributed by atoms with E-state index in [0.29, 0.717) is 12.5 Å². The second-order valence-electron chi connectivity index (χ2n) is 5.34. The van der Waals surface area contributed by atoms with Crippen LogP contribution in [0.25, 0.3) is 0 Å². The van der Waals surface area contributed by atoms with E-state index in [0.717, 1.165) is 38.4 Å². The first kappa shape index (κ1) is 14.9. The summed E-state index contributed by atoms with van der Waals surface area (Å²) in [6, 6.07) is 5.98. The molecule has 0 N–H and O–H groups in total. The van der Waals surface area contributed by atoms with Crippen molar-refractivity contribution < 1.29 is 9.53 Å². The van der Waals surface area contributed by atoms with Crippen LogP contribution in [0, 0.1) is 5.92 Å². The van der Waals surface area contributed by atoms with Crippen LogP contribution in [0.4, 0.5) is 0 Å². The normalized spacial score (nSPS) is 20.7. The topological polar surface area (TPSA) is 45.7 Å². The van der Waals surface area contributed by atoms with E-state index in [2.05, 4.69) is 9.88 Å². The summed E-state index contributed by atoms with van der Waals surface area (Å²) in [7, 11) is 1.71. The Labute approximate surface area is 120 Å². The summed E-state index contributed by atoms with van der Waals surface area (Å²) in [5.41, 5.74) is 1.07. The Hall–Kier alpha value is -1.46. The zero-order valence-corrected chi connectivity index (χ0v) is 12.3. The van der Waals surface area contributed by atoms with Gasteiger partial charge < -0.3 is 9.64 Å². The van der Waals surface area contributed by atoms with E-state index in [4.69, 9.17) is 4.74 Å². The average Bonchev–Trinajstić information content (AvgIpc) is 2.63. The van der Waals surface area contributed by atoms with Crippen molar-refractivity contribution in [3.8, 4) is 0 Å². The van der Waals surface area contributed by atoms with Gasteiger partial charge in [-0.25, -0.2) is 0 Å². The standard InChI is InChI=1S/C15H23N3O2/c1-13(19)18-8-7-17(9-14(10-18)12-20-2)11-15-5-3-4-6-16-15/h3-6,14H,7-12H2,1-2H3/t14-/m0/s1. The first-order chi connectivity index (χ1) is 9.69. The van der Waals surface area contributed by atoms with Gasteiger partial charge in [0.2, 0.25) is 5.91 Å². The Balaban J connectivity index is 2.00. The number of aromatic nitrogens is 1. The maximum atomic E-state index is 11.6. The van der Waals surface area contributed by atoms with Crippen LogP contribution in [0.5, 0.6) is 0 Å². The maximum absolute atomic E-state index is 11.6. The molecule has 2 rings (SSSR count). The molecule has 0 aliphatic carbocycles. The third-order valence-corrected chi connectivity index (χ3v) is 3.64. The van der Waals surface area contributed by atoms with Crippen molar-refractivity contribution in [2.45, 2.75) is 13.5 Å². The molecule has 20 heavy (non-hydrogen) atoms. The molecule has 5 heteroatoms. The lowest BCUT2D eigenvalue weighted by atomic mass is 10.1. The molecule has 1 aliphatic heterocycles. The molecule has 1 aromatic heterocycles. The Morgan fingerprint density at radius 3 is 2.90 bits per heavy atom. The molecule has 0 radical (unpaired) electrons. The predicted molar refractivity (Wildman–Crippen MR) is 77.1 cm³/mol. The minimum absolute atomic E-state index is 0.144. The number of hydrogen-bond donors (Lipinski definition) is 0. The van der Waals surface area contributed by atoms with Crippen LogP contribution in [-0.2, 0) is 16.1 Å². The van der Waals surface area contributed by atoms with Gasteiger partial charge in [-0.2, -0.15) is 0 Å². The maximum Gasteiger partial charge on any atom is 0.219 e. The van der Waals surface area contributed by atoms with Gasteiger partial charge >= 0.3 is 0 Å². The van der Waals surface area contributed by atoms with Gasteiger partial charge in [0.15, 0.2) is 0 Å². The molecule has 1 saturated heterocycles. The molecule has 0 bridgehead atoms. The molecule has 5 nitrogen and oxygen atoms in total. The highest BCUT2D eigenvalue weighted by atomic mass is 16.5. The van der Waals surface area contributed by atoms with Gasteiger partial charge in [0.25, 0.3) is 0 Å². The summed E-state index contributed by atoms with van der Waals surface area (Å²) < 4.78 is 5.28. The second kappa shape index (κ2) is 7.36. The molecule has 0 spiro atoms. The van der Waals surface area contributed by atoms with Crippen LogP contribution in [0.2, 0.25) is 0 Å². The lowest BCUT2D eigenvalue weighted by Gasteiger charge is -2.23. The van der Waals surface area contributed by atoms with Gasteiger partial charge in [0, 0.05) is 58.9 Å². The highest BCUT2D eigenvalue weighted by molar-refractivity contribution is 5.73. The molecule has 1 aromatic rings. The first-order valence-corrected chi connectivity index (χ1v) is 7.05. The average molecular weight is 277 g/mol. The number of hydrogen-bond acceptors (Lipinski definition) is 4. The molecule has 1 atom stereocenters. The van der Waals surface area contributed by atoms with Gasteiger partial charge in [-0.1, -0.05) is 6.07 Å². The molecule has 1 fully saturated rings. The summed E-state index contributed by atoms with van der Waals surface area (Å²) in [5.74, 6) is 0.501. The quantitative estimate of drug-likeness (QED) is 0.824. The summed E-state index contributed by atoms with van der Waals surface area (Å²) >= 11 is 0. The van der Waals surface area contributed by atoms with Crippen molar-refractivity contribution in [3.05, 3.63) is 30.1 Å². The number of pyridine rings is 1. The molecule has 1 amide bonds. The molecule has 110 valence electrons. The van der Waals surface area contributed by atoms with E-state index in [-0.39, 0.29) is 5.91 Å². The van der Waals surface area contributed by atoms with Crippen molar-refractivity contribution >= 4 is 5.91 Å². The van der Waals surface area contributed by atoms with Crippen molar-refractivity contribution in [2.75, 3.05) is 39.9 Å². The molecule has 2 heterocycles.